The fourth-order valence-corrected chi connectivity index (χ4v) is 4.81. The molecule has 1 saturated heterocycles. The fourth-order valence-electron chi connectivity index (χ4n) is 4.63. The number of hydrogen-bond acceptors (Lipinski definition) is 6. The minimum Gasteiger partial charge on any atom is -0.366 e. The molecule has 1 aliphatic heterocycles. The number of likely N-dealkylation sites (tertiary alicyclic amines) is 1. The van der Waals surface area contributed by atoms with Gasteiger partial charge in [0.15, 0.2) is 0 Å². The molecule has 174 valence electrons. The largest absolute Gasteiger partial charge is 0.366 e. The first-order valence-electron chi connectivity index (χ1n) is 11.5. The van der Waals surface area contributed by atoms with Crippen LogP contribution in [0.2, 0.25) is 0 Å². The Bertz CT molecular complexity index is 1520. The van der Waals surface area contributed by atoms with Gasteiger partial charge in [0.25, 0.3) is 5.56 Å². The van der Waals surface area contributed by atoms with E-state index in [4.69, 9.17) is 17.2 Å². The molecule has 1 N–H and O–H groups in total. The van der Waals surface area contributed by atoms with Gasteiger partial charge >= 0.3 is 5.69 Å². The highest BCUT2D eigenvalue weighted by Crippen LogP contribution is 2.29. The number of nitrogens with zero attached hydrogens (tertiary/aromatic N) is 5. The average molecular weight is 475 g/mol. The van der Waals surface area contributed by atoms with Crippen molar-refractivity contribution in [3.05, 3.63) is 63.2 Å². The van der Waals surface area contributed by atoms with Gasteiger partial charge in [-0.25, -0.2) is 9.78 Å². The lowest BCUT2D eigenvalue weighted by Gasteiger charge is -2.36. The summed E-state index contributed by atoms with van der Waals surface area (Å²) in [6.45, 7) is 7.66. The van der Waals surface area contributed by atoms with Crippen molar-refractivity contribution >= 4 is 39.1 Å². The molecule has 9 heteroatoms. The van der Waals surface area contributed by atoms with Crippen molar-refractivity contribution < 1.29 is 0 Å². The molecule has 0 bridgehead atoms. The molecule has 5 rings (SSSR count). The van der Waals surface area contributed by atoms with Crippen LogP contribution < -0.4 is 11.2 Å². The van der Waals surface area contributed by atoms with E-state index < -0.39 is 11.2 Å². The highest BCUT2D eigenvalue weighted by atomic mass is 32.1. The van der Waals surface area contributed by atoms with Crippen LogP contribution >= 0.6 is 12.2 Å². The maximum atomic E-state index is 13.1. The highest BCUT2D eigenvalue weighted by Gasteiger charge is 2.26. The molecule has 1 fully saturated rings. The Balaban J connectivity index is 1.66. The molecular weight excluding hydrogens is 448 g/mol. The molecule has 0 spiro atoms. The number of aromatic nitrogens is 5. The van der Waals surface area contributed by atoms with E-state index in [1.54, 1.807) is 10.8 Å². The molecule has 4 aromatic heterocycles. The van der Waals surface area contributed by atoms with Crippen LogP contribution in [-0.2, 0) is 0 Å². The predicted octanol–water partition coefficient (Wildman–Crippen LogP) is 3.62. The van der Waals surface area contributed by atoms with Gasteiger partial charge < -0.3 is 4.90 Å². The monoisotopic (exact) mass is 474 g/mol. The first kappa shape index (κ1) is 22.3. The Labute approximate surface area is 201 Å². The average Bonchev–Trinajstić information content (AvgIpc) is 2.84. The van der Waals surface area contributed by atoms with Crippen molar-refractivity contribution in [1.29, 1.82) is 0 Å². The topological polar surface area (TPSA) is 96.8 Å². The number of H-pyrrole nitrogens is 1. The molecule has 0 aliphatic carbocycles. The first-order valence-corrected chi connectivity index (χ1v) is 11.9. The standard InChI is InChI=1S/C25H26N6O2S/c1-14(2)24(34)30-10-8-17(9-11-30)31-22-18(23(32)29-25(31)33)13-27-20-7-6-19(28-21(20)22)16-5-4-15(3)26-12-16/h4-7,12-14,17H,8-11H2,1-3H3,(H,29,32,33). The number of aryl methyl sites for hydroxylation is 1. The van der Waals surface area contributed by atoms with Gasteiger partial charge in [-0.1, -0.05) is 26.1 Å². The molecule has 5 heterocycles. The zero-order valence-electron chi connectivity index (χ0n) is 19.4. The summed E-state index contributed by atoms with van der Waals surface area (Å²) in [5.74, 6) is 0.303. The molecule has 1 aliphatic rings. The number of hydrogen-bond donors (Lipinski definition) is 1. The third kappa shape index (κ3) is 3.90. The van der Waals surface area contributed by atoms with Crippen LogP contribution in [0.5, 0.6) is 0 Å². The molecule has 0 atom stereocenters. The number of pyridine rings is 3. The van der Waals surface area contributed by atoms with E-state index in [1.807, 2.05) is 31.2 Å². The van der Waals surface area contributed by atoms with Gasteiger partial charge in [-0.05, 0) is 44.0 Å². The molecule has 0 radical (unpaired) electrons. The summed E-state index contributed by atoms with van der Waals surface area (Å²) in [5.41, 5.74) is 3.33. The van der Waals surface area contributed by atoms with Crippen molar-refractivity contribution in [2.45, 2.75) is 39.7 Å². The van der Waals surface area contributed by atoms with E-state index in [-0.39, 0.29) is 6.04 Å². The molecule has 4 aromatic rings. The molecule has 8 nitrogen and oxygen atoms in total. The second-order valence-corrected chi connectivity index (χ2v) is 9.53. The van der Waals surface area contributed by atoms with Gasteiger partial charge in [-0.2, -0.15) is 0 Å². The summed E-state index contributed by atoms with van der Waals surface area (Å²) in [7, 11) is 0. The first-order chi connectivity index (χ1) is 16.3. The quantitative estimate of drug-likeness (QED) is 0.358. The molecular formula is C25H26N6O2S. The molecule has 34 heavy (non-hydrogen) atoms. The summed E-state index contributed by atoms with van der Waals surface area (Å²) in [6, 6.07) is 7.57. The lowest BCUT2D eigenvalue weighted by Crippen LogP contribution is -2.43. The minimum absolute atomic E-state index is 0.0739. The van der Waals surface area contributed by atoms with Crippen molar-refractivity contribution in [3.63, 3.8) is 0 Å². The smallest absolute Gasteiger partial charge is 0.329 e. The summed E-state index contributed by atoms with van der Waals surface area (Å²) in [6.07, 6.45) is 4.80. The summed E-state index contributed by atoms with van der Waals surface area (Å²) in [5, 5.41) is 0.360. The maximum absolute atomic E-state index is 13.1. The lowest BCUT2D eigenvalue weighted by molar-refractivity contribution is 0.262. The van der Waals surface area contributed by atoms with Gasteiger partial charge in [0.2, 0.25) is 0 Å². The molecule has 0 amide bonds. The zero-order valence-corrected chi connectivity index (χ0v) is 20.2. The number of thiocarbonyl (C=S) groups is 1. The van der Waals surface area contributed by atoms with Crippen LogP contribution in [0.3, 0.4) is 0 Å². The summed E-state index contributed by atoms with van der Waals surface area (Å²) < 4.78 is 1.71. The van der Waals surface area contributed by atoms with Crippen molar-refractivity contribution in [1.82, 2.24) is 29.4 Å². The second kappa shape index (κ2) is 8.72. The van der Waals surface area contributed by atoms with E-state index in [9.17, 15) is 9.59 Å². The zero-order chi connectivity index (χ0) is 24.0. The Morgan fingerprint density at radius 3 is 2.53 bits per heavy atom. The van der Waals surface area contributed by atoms with Crippen molar-refractivity contribution in [3.8, 4) is 11.3 Å². The number of rotatable bonds is 3. The Kier molecular flexibility index (Phi) is 5.73. The van der Waals surface area contributed by atoms with Gasteiger partial charge in [-0.15, -0.1) is 0 Å². The third-order valence-electron chi connectivity index (χ3n) is 6.45. The summed E-state index contributed by atoms with van der Waals surface area (Å²) >= 11 is 5.59. The van der Waals surface area contributed by atoms with Crippen LogP contribution in [0, 0.1) is 12.8 Å². The van der Waals surface area contributed by atoms with E-state index in [2.05, 4.69) is 33.7 Å². The number of fused-ring (bicyclic) bond motifs is 3. The number of aromatic amines is 1. The van der Waals surface area contributed by atoms with Crippen LogP contribution in [0.1, 0.15) is 38.4 Å². The van der Waals surface area contributed by atoms with Crippen molar-refractivity contribution in [2.75, 3.05) is 13.1 Å². The SMILES string of the molecule is Cc1ccc(-c2ccc3ncc4c(=O)[nH]c(=O)n(C5CCN(C(=S)C(C)C)CC5)c4c3n2)cn1. The van der Waals surface area contributed by atoms with Gasteiger partial charge in [-0.3, -0.25) is 24.3 Å². The van der Waals surface area contributed by atoms with Crippen LogP contribution in [0.25, 0.3) is 33.2 Å². The van der Waals surface area contributed by atoms with E-state index in [0.29, 0.717) is 33.5 Å². The fraction of sp³-hybridized carbons (Fsp3) is 0.360. The van der Waals surface area contributed by atoms with E-state index >= 15 is 0 Å². The molecule has 0 saturated carbocycles. The lowest BCUT2D eigenvalue weighted by atomic mass is 10.0. The third-order valence-corrected chi connectivity index (χ3v) is 7.18. The Hall–Kier alpha value is -3.46. The van der Waals surface area contributed by atoms with Gasteiger partial charge in [0, 0.05) is 48.7 Å². The van der Waals surface area contributed by atoms with Crippen LogP contribution in [-0.4, -0.2) is 47.5 Å². The van der Waals surface area contributed by atoms with Crippen molar-refractivity contribution in [2.24, 2.45) is 5.92 Å². The Morgan fingerprint density at radius 2 is 1.85 bits per heavy atom. The molecule has 0 unspecified atom stereocenters. The summed E-state index contributed by atoms with van der Waals surface area (Å²) in [4.78, 5) is 45.2. The Morgan fingerprint density at radius 1 is 1.09 bits per heavy atom. The normalized spacial score (nSPS) is 14.9. The number of piperidine rings is 1. The van der Waals surface area contributed by atoms with Gasteiger partial charge in [0.05, 0.1) is 27.1 Å². The predicted molar refractivity (Wildman–Crippen MR) is 137 cm³/mol. The molecule has 0 aromatic carbocycles. The van der Waals surface area contributed by atoms with Crippen LogP contribution in [0.4, 0.5) is 0 Å². The number of nitrogens with one attached hydrogen (secondary N) is 1. The highest BCUT2D eigenvalue weighted by molar-refractivity contribution is 7.80. The maximum Gasteiger partial charge on any atom is 0.329 e. The van der Waals surface area contributed by atoms with Gasteiger partial charge in [0.1, 0.15) is 5.52 Å². The van der Waals surface area contributed by atoms with Crippen LogP contribution in [0.15, 0.2) is 46.2 Å². The second-order valence-electron chi connectivity index (χ2n) is 9.11. The van der Waals surface area contributed by atoms with E-state index in [1.165, 1.54) is 6.20 Å². The minimum atomic E-state index is -0.451. The van der Waals surface area contributed by atoms with E-state index in [0.717, 1.165) is 42.2 Å².